The minimum atomic E-state index is -0.158. The Morgan fingerprint density at radius 2 is 2.42 bits per heavy atom. The summed E-state index contributed by atoms with van der Waals surface area (Å²) in [6.45, 7) is 2.60. The minimum absolute atomic E-state index is 0.0249. The summed E-state index contributed by atoms with van der Waals surface area (Å²) >= 11 is 2.08. The molecule has 0 bridgehead atoms. The van der Waals surface area contributed by atoms with Gasteiger partial charge in [0.05, 0.1) is 9.97 Å². The van der Waals surface area contributed by atoms with E-state index in [0.29, 0.717) is 0 Å². The van der Waals surface area contributed by atoms with Crippen molar-refractivity contribution in [1.82, 2.24) is 4.90 Å². The third kappa shape index (κ3) is 1.97. The summed E-state index contributed by atoms with van der Waals surface area (Å²) in [6, 6.07) is -0.158. The molecule has 1 aliphatic rings. The lowest BCUT2D eigenvalue weighted by Gasteiger charge is -2.21. The van der Waals surface area contributed by atoms with Gasteiger partial charge in [0.15, 0.2) is 0 Å². The number of hydrogen-bond acceptors (Lipinski definition) is 2. The first-order valence-electron chi connectivity index (χ1n) is 4.06. The predicted molar refractivity (Wildman–Crippen MR) is 54.3 cm³/mol. The van der Waals surface area contributed by atoms with E-state index in [1.54, 1.807) is 4.90 Å². The zero-order valence-electron chi connectivity index (χ0n) is 7.00. The van der Waals surface area contributed by atoms with Crippen molar-refractivity contribution in [3.05, 3.63) is 0 Å². The second-order valence-electron chi connectivity index (χ2n) is 2.99. The molecule has 1 saturated heterocycles. The van der Waals surface area contributed by atoms with Crippen molar-refractivity contribution in [2.24, 2.45) is 0 Å². The summed E-state index contributed by atoms with van der Waals surface area (Å²) in [5.41, 5.74) is 0. The van der Waals surface area contributed by atoms with E-state index >= 15 is 0 Å². The number of alkyl halides is 1. The Labute approximate surface area is 85.6 Å². The van der Waals surface area contributed by atoms with Crippen molar-refractivity contribution in [2.45, 2.75) is 29.7 Å². The van der Waals surface area contributed by atoms with E-state index in [0.717, 1.165) is 25.7 Å². The van der Waals surface area contributed by atoms with Crippen LogP contribution in [0, 0.1) is 0 Å². The first-order chi connectivity index (χ1) is 5.66. The molecule has 1 heterocycles. The van der Waals surface area contributed by atoms with Crippen LogP contribution in [0.4, 0.5) is 0 Å². The molecule has 0 unspecified atom stereocenters. The van der Waals surface area contributed by atoms with Crippen LogP contribution in [-0.4, -0.2) is 33.6 Å². The van der Waals surface area contributed by atoms with Crippen molar-refractivity contribution < 1.29 is 9.59 Å². The van der Waals surface area contributed by atoms with Crippen molar-refractivity contribution >= 4 is 34.8 Å². The van der Waals surface area contributed by atoms with Crippen LogP contribution in [0.15, 0.2) is 0 Å². The predicted octanol–water partition coefficient (Wildman–Crippen LogP) is 1.000. The third-order valence-corrected chi connectivity index (χ3v) is 2.61. The molecule has 1 amide bonds. The molecule has 0 saturated carbocycles. The first-order valence-corrected chi connectivity index (χ1v) is 5.31. The van der Waals surface area contributed by atoms with Crippen LogP contribution in [0.2, 0.25) is 0 Å². The van der Waals surface area contributed by atoms with Gasteiger partial charge in [-0.3, -0.25) is 4.79 Å². The van der Waals surface area contributed by atoms with Gasteiger partial charge in [-0.2, -0.15) is 0 Å². The fraction of sp³-hybridized carbons (Fsp3) is 0.750. The molecule has 0 aromatic rings. The van der Waals surface area contributed by atoms with E-state index in [9.17, 15) is 9.59 Å². The molecule has 68 valence electrons. The van der Waals surface area contributed by atoms with E-state index in [4.69, 9.17) is 0 Å². The van der Waals surface area contributed by atoms with Gasteiger partial charge in [0.25, 0.3) is 0 Å². The number of carbonyl (C=O) groups excluding carboxylic acids is 2. The Balaban J connectivity index is 2.61. The molecule has 12 heavy (non-hydrogen) atoms. The highest BCUT2D eigenvalue weighted by Gasteiger charge is 2.29. The quantitative estimate of drug-likeness (QED) is 0.430. The van der Waals surface area contributed by atoms with Gasteiger partial charge in [-0.15, -0.1) is 0 Å². The average molecular weight is 281 g/mol. The molecular formula is C8H12INO2. The molecular weight excluding hydrogens is 269 g/mol. The molecule has 0 aliphatic carbocycles. The molecule has 0 spiro atoms. The Morgan fingerprint density at radius 1 is 1.75 bits per heavy atom. The number of rotatable bonds is 2. The summed E-state index contributed by atoms with van der Waals surface area (Å²) in [5, 5.41) is 0. The van der Waals surface area contributed by atoms with Gasteiger partial charge in [-0.25, -0.2) is 0 Å². The molecule has 4 heteroatoms. The normalized spacial score (nSPS) is 25.5. The lowest BCUT2D eigenvalue weighted by atomic mass is 10.2. The fourth-order valence-corrected chi connectivity index (χ4v) is 1.79. The van der Waals surface area contributed by atoms with E-state index < -0.39 is 0 Å². The van der Waals surface area contributed by atoms with Crippen LogP contribution in [-0.2, 0) is 9.59 Å². The van der Waals surface area contributed by atoms with Crippen LogP contribution < -0.4 is 0 Å². The van der Waals surface area contributed by atoms with Gasteiger partial charge in [-0.1, -0.05) is 22.6 Å². The van der Waals surface area contributed by atoms with E-state index in [-0.39, 0.29) is 15.9 Å². The summed E-state index contributed by atoms with van der Waals surface area (Å²) in [5.74, 6) is 0.0881. The Bertz CT molecular complexity index is 193. The largest absolute Gasteiger partial charge is 0.332 e. The molecule has 2 atom stereocenters. The third-order valence-electron chi connectivity index (χ3n) is 2.08. The molecule has 0 N–H and O–H groups in total. The summed E-state index contributed by atoms with van der Waals surface area (Å²) in [6.07, 6.45) is 2.67. The van der Waals surface area contributed by atoms with E-state index in [2.05, 4.69) is 22.6 Å². The van der Waals surface area contributed by atoms with Gasteiger partial charge >= 0.3 is 0 Å². The molecule has 1 rings (SSSR count). The summed E-state index contributed by atoms with van der Waals surface area (Å²) < 4.78 is -0.0249. The van der Waals surface area contributed by atoms with Gasteiger partial charge in [0.1, 0.15) is 6.29 Å². The zero-order valence-corrected chi connectivity index (χ0v) is 9.15. The number of amides is 1. The molecule has 0 radical (unpaired) electrons. The highest BCUT2D eigenvalue weighted by Crippen LogP contribution is 2.18. The van der Waals surface area contributed by atoms with Crippen LogP contribution in [0.1, 0.15) is 19.8 Å². The van der Waals surface area contributed by atoms with Crippen LogP contribution >= 0.6 is 22.6 Å². The maximum Gasteiger partial charge on any atom is 0.235 e. The van der Waals surface area contributed by atoms with Crippen LogP contribution in [0.3, 0.4) is 0 Å². The number of aldehydes is 1. The SMILES string of the molecule is C[C@@H](I)C(=O)N1CCC[C@H]1C=O. The molecule has 3 nitrogen and oxygen atoms in total. The average Bonchev–Trinajstić information content (AvgIpc) is 2.49. The second-order valence-corrected chi connectivity index (χ2v) is 4.86. The lowest BCUT2D eigenvalue weighted by Crippen LogP contribution is -2.39. The lowest BCUT2D eigenvalue weighted by molar-refractivity contribution is -0.133. The molecule has 1 fully saturated rings. The van der Waals surface area contributed by atoms with Crippen molar-refractivity contribution in [1.29, 1.82) is 0 Å². The molecule has 0 aromatic carbocycles. The van der Waals surface area contributed by atoms with Gasteiger partial charge in [-0.05, 0) is 19.8 Å². The zero-order chi connectivity index (χ0) is 9.14. The number of likely N-dealkylation sites (tertiary alicyclic amines) is 1. The van der Waals surface area contributed by atoms with Crippen LogP contribution in [0.5, 0.6) is 0 Å². The number of nitrogens with zero attached hydrogens (tertiary/aromatic N) is 1. The van der Waals surface area contributed by atoms with Crippen molar-refractivity contribution in [3.63, 3.8) is 0 Å². The fourth-order valence-electron chi connectivity index (χ4n) is 1.44. The first kappa shape index (κ1) is 9.95. The summed E-state index contributed by atoms with van der Waals surface area (Å²) in [7, 11) is 0. The Morgan fingerprint density at radius 3 is 2.92 bits per heavy atom. The van der Waals surface area contributed by atoms with Gasteiger partial charge < -0.3 is 9.69 Å². The Kier molecular flexibility index (Phi) is 3.49. The number of hydrogen-bond donors (Lipinski definition) is 0. The van der Waals surface area contributed by atoms with E-state index in [1.165, 1.54) is 0 Å². The van der Waals surface area contributed by atoms with Crippen molar-refractivity contribution in [3.8, 4) is 0 Å². The standard InChI is InChI=1S/C8H12INO2/c1-6(9)8(12)10-4-2-3-7(10)5-11/h5-7H,2-4H2,1H3/t6-,7+/m1/s1. The van der Waals surface area contributed by atoms with Gasteiger partial charge in [0, 0.05) is 6.54 Å². The number of halogens is 1. The van der Waals surface area contributed by atoms with Crippen molar-refractivity contribution in [2.75, 3.05) is 6.54 Å². The maximum atomic E-state index is 11.5. The van der Waals surface area contributed by atoms with Gasteiger partial charge in [0.2, 0.25) is 5.91 Å². The maximum absolute atomic E-state index is 11.5. The smallest absolute Gasteiger partial charge is 0.235 e. The molecule has 0 aromatic heterocycles. The summed E-state index contributed by atoms with van der Waals surface area (Å²) in [4.78, 5) is 23.7. The monoisotopic (exact) mass is 281 g/mol. The second kappa shape index (κ2) is 4.20. The van der Waals surface area contributed by atoms with E-state index in [1.807, 2.05) is 6.92 Å². The number of carbonyl (C=O) groups is 2. The highest BCUT2D eigenvalue weighted by atomic mass is 127. The van der Waals surface area contributed by atoms with Crippen LogP contribution in [0.25, 0.3) is 0 Å². The highest BCUT2D eigenvalue weighted by molar-refractivity contribution is 14.1. The topological polar surface area (TPSA) is 37.4 Å². The minimum Gasteiger partial charge on any atom is -0.332 e. The molecule has 1 aliphatic heterocycles. The Hall–Kier alpha value is -0.130.